The monoisotopic (exact) mass is 187 g/mol. The van der Waals surface area contributed by atoms with E-state index in [-0.39, 0.29) is 0 Å². The van der Waals surface area contributed by atoms with E-state index < -0.39 is 6.03 Å². The van der Waals surface area contributed by atoms with Crippen LogP contribution in [0.1, 0.15) is 0 Å². The third-order valence-electron chi connectivity index (χ3n) is 1.74. The Bertz CT molecular complexity index is 449. The number of nitrogens with zero attached hydrogens (tertiary/aromatic N) is 3. The molecule has 1 amide bonds. The molecule has 1 aromatic heterocycles. The van der Waals surface area contributed by atoms with Gasteiger partial charge in [0.1, 0.15) is 0 Å². The molecular formula is C9H7N4O. The third kappa shape index (κ3) is 1.35. The summed E-state index contributed by atoms with van der Waals surface area (Å²) in [5, 5.41) is 3.60. The maximum atomic E-state index is 10.9. The minimum absolute atomic E-state index is 0.401. The molecular weight excluding hydrogens is 180 g/mol. The molecule has 0 atom stereocenters. The molecule has 1 radical (unpaired) electrons. The van der Waals surface area contributed by atoms with Gasteiger partial charge in [0.05, 0.1) is 0 Å². The lowest BCUT2D eigenvalue weighted by atomic mass is 10.2. The molecule has 69 valence electrons. The Morgan fingerprint density at radius 3 is 2.71 bits per heavy atom. The van der Waals surface area contributed by atoms with Crippen LogP contribution in [0.3, 0.4) is 0 Å². The second kappa shape index (κ2) is 3.29. The average molecular weight is 187 g/mol. The van der Waals surface area contributed by atoms with Crippen molar-refractivity contribution in [2.24, 2.45) is 5.73 Å². The lowest BCUT2D eigenvalue weighted by Crippen LogP contribution is -2.21. The van der Waals surface area contributed by atoms with Crippen molar-refractivity contribution in [3.05, 3.63) is 36.7 Å². The molecule has 2 rings (SSSR count). The molecule has 5 nitrogen and oxygen atoms in total. The first-order chi connectivity index (χ1) is 6.79. The van der Waals surface area contributed by atoms with Gasteiger partial charge in [-0.2, -0.15) is 4.68 Å². The van der Waals surface area contributed by atoms with Gasteiger partial charge in [-0.25, -0.2) is 9.78 Å². The number of hydrogen-bond acceptors (Lipinski definition) is 3. The highest BCUT2D eigenvalue weighted by Gasteiger charge is 2.10. The zero-order valence-corrected chi connectivity index (χ0v) is 7.21. The standard InChI is InChI=1S/C9H7N4O/c10-9(14)13-8(11-6-12-13)7-4-2-1-3-5-7/h1-5H,(H2,10,14). The van der Waals surface area contributed by atoms with Crippen LogP contribution in [0.4, 0.5) is 4.79 Å². The summed E-state index contributed by atoms with van der Waals surface area (Å²) in [6.07, 6.45) is 2.34. The van der Waals surface area contributed by atoms with Gasteiger partial charge in [0.15, 0.2) is 5.82 Å². The normalized spacial score (nSPS) is 10.0. The van der Waals surface area contributed by atoms with Gasteiger partial charge in [0.2, 0.25) is 6.33 Å². The molecule has 0 bridgehead atoms. The summed E-state index contributed by atoms with van der Waals surface area (Å²) in [4.78, 5) is 14.8. The van der Waals surface area contributed by atoms with Crippen LogP contribution in [0.15, 0.2) is 30.3 Å². The number of aromatic nitrogens is 3. The van der Waals surface area contributed by atoms with E-state index in [1.165, 1.54) is 0 Å². The van der Waals surface area contributed by atoms with Gasteiger partial charge in [0.25, 0.3) is 0 Å². The van der Waals surface area contributed by atoms with E-state index >= 15 is 0 Å². The molecule has 0 spiro atoms. The summed E-state index contributed by atoms with van der Waals surface area (Å²) in [5.74, 6) is 0.401. The molecule has 14 heavy (non-hydrogen) atoms. The maximum Gasteiger partial charge on any atom is 0.341 e. The van der Waals surface area contributed by atoms with Gasteiger partial charge in [-0.1, -0.05) is 30.3 Å². The molecule has 0 unspecified atom stereocenters. The van der Waals surface area contributed by atoms with Crippen molar-refractivity contribution in [2.75, 3.05) is 0 Å². The van der Waals surface area contributed by atoms with Crippen molar-refractivity contribution in [2.45, 2.75) is 0 Å². The molecule has 0 aliphatic carbocycles. The van der Waals surface area contributed by atoms with Crippen molar-refractivity contribution < 1.29 is 4.79 Å². The molecule has 0 saturated heterocycles. The molecule has 1 heterocycles. The summed E-state index contributed by atoms with van der Waals surface area (Å²) in [6, 6.07) is 8.52. The first-order valence-corrected chi connectivity index (χ1v) is 3.97. The first-order valence-electron chi connectivity index (χ1n) is 3.97. The zero-order chi connectivity index (χ0) is 9.97. The second-order valence-corrected chi connectivity index (χ2v) is 2.65. The van der Waals surface area contributed by atoms with Crippen LogP contribution in [-0.4, -0.2) is 20.8 Å². The number of amides is 1. The highest BCUT2D eigenvalue weighted by Crippen LogP contribution is 2.14. The lowest BCUT2D eigenvalue weighted by molar-refractivity contribution is 0.248. The fraction of sp³-hybridized carbons (Fsp3) is 0. The molecule has 2 aromatic rings. The summed E-state index contributed by atoms with van der Waals surface area (Å²) >= 11 is 0. The van der Waals surface area contributed by atoms with Crippen molar-refractivity contribution in [3.63, 3.8) is 0 Å². The quantitative estimate of drug-likeness (QED) is 0.713. The Labute approximate surface area is 80.2 Å². The van der Waals surface area contributed by atoms with E-state index in [0.29, 0.717) is 5.82 Å². The molecule has 0 aliphatic rings. The highest BCUT2D eigenvalue weighted by atomic mass is 16.2. The van der Waals surface area contributed by atoms with Crippen molar-refractivity contribution >= 4 is 6.03 Å². The van der Waals surface area contributed by atoms with Crippen molar-refractivity contribution in [1.29, 1.82) is 0 Å². The summed E-state index contributed by atoms with van der Waals surface area (Å²) in [7, 11) is 0. The molecule has 1 aromatic carbocycles. The molecule has 5 heteroatoms. The zero-order valence-electron chi connectivity index (χ0n) is 7.21. The number of hydrogen-bond donors (Lipinski definition) is 1. The largest absolute Gasteiger partial charge is 0.350 e. The minimum atomic E-state index is -0.669. The lowest BCUT2D eigenvalue weighted by Gasteiger charge is -1.99. The number of primary amides is 1. The number of carbonyl (C=O) groups is 1. The van der Waals surface area contributed by atoms with E-state index in [9.17, 15) is 4.79 Å². The van der Waals surface area contributed by atoms with Crippen LogP contribution in [-0.2, 0) is 0 Å². The maximum absolute atomic E-state index is 10.9. The van der Waals surface area contributed by atoms with Crippen LogP contribution < -0.4 is 5.73 Å². The Hall–Kier alpha value is -2.17. The Morgan fingerprint density at radius 1 is 1.36 bits per heavy atom. The van der Waals surface area contributed by atoms with Gasteiger partial charge in [-0.3, -0.25) is 0 Å². The molecule has 0 saturated carbocycles. The minimum Gasteiger partial charge on any atom is -0.350 e. The van der Waals surface area contributed by atoms with Gasteiger partial charge in [-0.15, -0.1) is 5.10 Å². The second-order valence-electron chi connectivity index (χ2n) is 2.65. The summed E-state index contributed by atoms with van der Waals surface area (Å²) in [5.41, 5.74) is 5.88. The Kier molecular flexibility index (Phi) is 1.98. The van der Waals surface area contributed by atoms with Crippen LogP contribution in [0.5, 0.6) is 0 Å². The number of nitrogens with two attached hydrogens (primary N) is 1. The number of rotatable bonds is 1. The smallest absolute Gasteiger partial charge is 0.341 e. The number of benzene rings is 1. The van der Waals surface area contributed by atoms with Crippen molar-refractivity contribution in [1.82, 2.24) is 14.8 Å². The molecule has 0 fully saturated rings. The van der Waals surface area contributed by atoms with Crippen LogP contribution >= 0.6 is 0 Å². The van der Waals surface area contributed by atoms with Crippen LogP contribution in [0, 0.1) is 6.33 Å². The van der Waals surface area contributed by atoms with Gasteiger partial charge in [-0.05, 0) is 0 Å². The first kappa shape index (κ1) is 8.43. The highest BCUT2D eigenvalue weighted by molar-refractivity contribution is 5.78. The topological polar surface area (TPSA) is 73.8 Å². The van der Waals surface area contributed by atoms with E-state index in [1.807, 2.05) is 30.3 Å². The Morgan fingerprint density at radius 2 is 2.07 bits per heavy atom. The summed E-state index contributed by atoms with van der Waals surface area (Å²) < 4.78 is 1.01. The van der Waals surface area contributed by atoms with E-state index in [1.54, 1.807) is 0 Å². The fourth-order valence-corrected chi connectivity index (χ4v) is 1.14. The van der Waals surface area contributed by atoms with E-state index in [0.717, 1.165) is 10.2 Å². The summed E-state index contributed by atoms with van der Waals surface area (Å²) in [6.45, 7) is 0. The van der Waals surface area contributed by atoms with Crippen LogP contribution in [0.2, 0.25) is 0 Å². The van der Waals surface area contributed by atoms with Crippen molar-refractivity contribution in [3.8, 4) is 11.4 Å². The van der Waals surface area contributed by atoms with E-state index in [4.69, 9.17) is 5.73 Å². The molecule has 0 aliphatic heterocycles. The number of carbonyl (C=O) groups excluding carboxylic acids is 1. The fourth-order valence-electron chi connectivity index (χ4n) is 1.14. The SMILES string of the molecule is NC(=O)n1n[c]nc1-c1ccccc1. The van der Waals surface area contributed by atoms with E-state index in [2.05, 4.69) is 16.4 Å². The van der Waals surface area contributed by atoms with Gasteiger partial charge < -0.3 is 5.73 Å². The third-order valence-corrected chi connectivity index (χ3v) is 1.74. The Balaban J connectivity index is 2.52. The predicted octanol–water partition coefficient (Wildman–Crippen LogP) is 0.672. The predicted molar refractivity (Wildman–Crippen MR) is 49.3 cm³/mol. The van der Waals surface area contributed by atoms with Gasteiger partial charge >= 0.3 is 6.03 Å². The van der Waals surface area contributed by atoms with Gasteiger partial charge in [0, 0.05) is 5.56 Å². The molecule has 2 N–H and O–H groups in total. The van der Waals surface area contributed by atoms with Crippen LogP contribution in [0.25, 0.3) is 11.4 Å². The average Bonchev–Trinajstić information content (AvgIpc) is 2.67.